The van der Waals surface area contributed by atoms with Crippen LogP contribution in [-0.2, 0) is 4.79 Å². The Bertz CT molecular complexity index is 407. The predicted octanol–water partition coefficient (Wildman–Crippen LogP) is 3.52. The fraction of sp³-hybridized carbons (Fsp3) is 0.417. The number of nitrogens with one attached hydrogen (secondary N) is 1. The van der Waals surface area contributed by atoms with Crippen molar-refractivity contribution < 1.29 is 4.79 Å². The van der Waals surface area contributed by atoms with Gasteiger partial charge in [-0.3, -0.25) is 4.79 Å². The van der Waals surface area contributed by atoms with Crippen molar-refractivity contribution in [3.8, 4) is 0 Å². The van der Waals surface area contributed by atoms with Crippen LogP contribution in [0.25, 0.3) is 0 Å². The number of halogens is 2. The first-order valence-electron chi connectivity index (χ1n) is 5.41. The van der Waals surface area contributed by atoms with Crippen LogP contribution in [0.5, 0.6) is 0 Å². The van der Waals surface area contributed by atoms with Crippen molar-refractivity contribution >= 4 is 43.5 Å². The van der Waals surface area contributed by atoms with Crippen molar-refractivity contribution in [1.82, 2.24) is 0 Å². The van der Waals surface area contributed by atoms with E-state index in [1.807, 2.05) is 32.0 Å². The van der Waals surface area contributed by atoms with E-state index in [-0.39, 0.29) is 5.91 Å². The molecule has 0 radical (unpaired) electrons. The molecule has 94 valence electrons. The summed E-state index contributed by atoms with van der Waals surface area (Å²) in [6.45, 7) is 4.09. The largest absolute Gasteiger partial charge is 0.324 e. The normalized spacial score (nSPS) is 12.6. The summed E-state index contributed by atoms with van der Waals surface area (Å²) in [4.78, 5) is 11.8. The Morgan fingerprint density at radius 2 is 2.06 bits per heavy atom. The van der Waals surface area contributed by atoms with E-state index in [0.717, 1.165) is 14.6 Å². The molecule has 0 heterocycles. The molecule has 0 saturated heterocycles. The van der Waals surface area contributed by atoms with E-state index >= 15 is 0 Å². The summed E-state index contributed by atoms with van der Waals surface area (Å²) in [7, 11) is 0. The van der Waals surface area contributed by atoms with Crippen LogP contribution in [-0.4, -0.2) is 11.9 Å². The van der Waals surface area contributed by atoms with Gasteiger partial charge in [-0.1, -0.05) is 29.8 Å². The Morgan fingerprint density at radius 3 is 2.65 bits per heavy atom. The molecule has 0 unspecified atom stereocenters. The van der Waals surface area contributed by atoms with Gasteiger partial charge in [0.2, 0.25) is 5.91 Å². The van der Waals surface area contributed by atoms with Gasteiger partial charge in [0.15, 0.2) is 0 Å². The molecule has 5 heteroatoms. The van der Waals surface area contributed by atoms with Crippen LogP contribution in [0.3, 0.4) is 0 Å². The topological polar surface area (TPSA) is 55.1 Å². The second kappa shape index (κ2) is 6.52. The third kappa shape index (κ3) is 4.77. The fourth-order valence-corrected chi connectivity index (χ4v) is 2.14. The molecule has 0 aromatic heterocycles. The Kier molecular flexibility index (Phi) is 5.62. The first-order chi connectivity index (χ1) is 7.90. The molecule has 17 heavy (non-hydrogen) atoms. The van der Waals surface area contributed by atoms with Gasteiger partial charge in [0, 0.05) is 8.95 Å². The highest BCUT2D eigenvalue weighted by molar-refractivity contribution is 9.11. The molecule has 0 saturated carbocycles. The summed E-state index contributed by atoms with van der Waals surface area (Å²) in [6.07, 6.45) is 0.678. The monoisotopic (exact) mass is 362 g/mol. The number of amides is 1. The molecule has 1 rings (SSSR count). The van der Waals surface area contributed by atoms with Gasteiger partial charge in [-0.15, -0.1) is 0 Å². The van der Waals surface area contributed by atoms with E-state index in [4.69, 9.17) is 5.73 Å². The first-order valence-corrected chi connectivity index (χ1v) is 7.00. The highest BCUT2D eigenvalue weighted by Gasteiger charge is 2.16. The lowest BCUT2D eigenvalue weighted by atomic mass is 10.0. The minimum Gasteiger partial charge on any atom is -0.324 e. The summed E-state index contributed by atoms with van der Waals surface area (Å²) < 4.78 is 1.75. The van der Waals surface area contributed by atoms with Gasteiger partial charge in [0.05, 0.1) is 11.7 Å². The fourth-order valence-electron chi connectivity index (χ4n) is 1.43. The molecular formula is C12H16Br2N2O. The molecule has 0 spiro atoms. The van der Waals surface area contributed by atoms with Gasteiger partial charge in [-0.2, -0.15) is 0 Å². The Morgan fingerprint density at radius 1 is 1.41 bits per heavy atom. The van der Waals surface area contributed by atoms with Gasteiger partial charge in [-0.05, 0) is 46.5 Å². The standard InChI is InChI=1S/C12H16Br2N2O/c1-7(2)5-10(15)12(17)16-11-6-8(13)3-4-9(11)14/h3-4,6-7,10H,5,15H2,1-2H3,(H,16,17)/t10-/m1/s1. The summed E-state index contributed by atoms with van der Waals surface area (Å²) in [5.41, 5.74) is 6.54. The average molecular weight is 364 g/mol. The van der Waals surface area contributed by atoms with Crippen LogP contribution in [0.2, 0.25) is 0 Å². The number of carbonyl (C=O) groups excluding carboxylic acids is 1. The van der Waals surface area contributed by atoms with Crippen LogP contribution >= 0.6 is 31.9 Å². The summed E-state index contributed by atoms with van der Waals surface area (Å²) in [5, 5.41) is 2.82. The minimum absolute atomic E-state index is 0.155. The summed E-state index contributed by atoms with van der Waals surface area (Å²) in [5.74, 6) is 0.249. The summed E-state index contributed by atoms with van der Waals surface area (Å²) in [6, 6.07) is 5.13. The highest BCUT2D eigenvalue weighted by Crippen LogP contribution is 2.26. The van der Waals surface area contributed by atoms with Gasteiger partial charge in [-0.25, -0.2) is 0 Å². The van der Waals surface area contributed by atoms with Gasteiger partial charge < -0.3 is 11.1 Å². The number of hydrogen-bond acceptors (Lipinski definition) is 2. The molecule has 1 amide bonds. The number of carbonyl (C=O) groups is 1. The zero-order chi connectivity index (χ0) is 13.0. The highest BCUT2D eigenvalue weighted by atomic mass is 79.9. The lowest BCUT2D eigenvalue weighted by Crippen LogP contribution is -2.36. The van der Waals surface area contributed by atoms with Gasteiger partial charge in [0.1, 0.15) is 0 Å². The molecule has 1 atom stereocenters. The van der Waals surface area contributed by atoms with E-state index in [1.165, 1.54) is 0 Å². The second-order valence-corrected chi connectivity index (χ2v) is 6.12. The number of nitrogens with two attached hydrogens (primary N) is 1. The minimum atomic E-state index is -0.471. The zero-order valence-corrected chi connectivity index (χ0v) is 13.0. The SMILES string of the molecule is CC(C)C[C@@H](N)C(=O)Nc1cc(Br)ccc1Br. The molecule has 1 aromatic carbocycles. The van der Waals surface area contributed by atoms with Gasteiger partial charge in [0.25, 0.3) is 0 Å². The molecule has 0 fully saturated rings. The van der Waals surface area contributed by atoms with Crippen molar-refractivity contribution in [3.05, 3.63) is 27.1 Å². The maximum atomic E-state index is 11.8. The van der Waals surface area contributed by atoms with Crippen LogP contribution in [0.4, 0.5) is 5.69 Å². The van der Waals surface area contributed by atoms with Crippen molar-refractivity contribution in [2.24, 2.45) is 11.7 Å². The molecule has 0 aliphatic rings. The summed E-state index contributed by atoms with van der Waals surface area (Å²) >= 11 is 6.74. The maximum Gasteiger partial charge on any atom is 0.241 e. The number of anilines is 1. The van der Waals surface area contributed by atoms with E-state index < -0.39 is 6.04 Å². The van der Waals surface area contributed by atoms with Crippen molar-refractivity contribution in [1.29, 1.82) is 0 Å². The maximum absolute atomic E-state index is 11.8. The Hall–Kier alpha value is -0.390. The van der Waals surface area contributed by atoms with Crippen LogP contribution in [0.1, 0.15) is 20.3 Å². The molecular weight excluding hydrogens is 348 g/mol. The third-order valence-electron chi connectivity index (χ3n) is 2.25. The lowest BCUT2D eigenvalue weighted by molar-refractivity contribution is -0.117. The first kappa shape index (κ1) is 14.7. The van der Waals surface area contributed by atoms with Crippen LogP contribution < -0.4 is 11.1 Å². The van der Waals surface area contributed by atoms with E-state index in [9.17, 15) is 4.79 Å². The van der Waals surface area contributed by atoms with E-state index in [1.54, 1.807) is 0 Å². The van der Waals surface area contributed by atoms with Crippen LogP contribution in [0, 0.1) is 5.92 Å². The lowest BCUT2D eigenvalue weighted by Gasteiger charge is -2.15. The Labute approximate surface area is 118 Å². The molecule has 1 aromatic rings. The Balaban J connectivity index is 2.70. The molecule has 0 aliphatic heterocycles. The number of hydrogen-bond donors (Lipinski definition) is 2. The molecule has 3 nitrogen and oxygen atoms in total. The van der Waals surface area contributed by atoms with Crippen molar-refractivity contribution in [3.63, 3.8) is 0 Å². The van der Waals surface area contributed by atoms with Crippen molar-refractivity contribution in [2.45, 2.75) is 26.3 Å². The molecule has 3 N–H and O–H groups in total. The average Bonchev–Trinajstić information content (AvgIpc) is 2.22. The second-order valence-electron chi connectivity index (χ2n) is 4.35. The van der Waals surface area contributed by atoms with Crippen LogP contribution in [0.15, 0.2) is 27.1 Å². The third-order valence-corrected chi connectivity index (χ3v) is 3.43. The van der Waals surface area contributed by atoms with E-state index in [0.29, 0.717) is 12.3 Å². The predicted molar refractivity (Wildman–Crippen MR) is 77.9 cm³/mol. The van der Waals surface area contributed by atoms with E-state index in [2.05, 4.69) is 37.2 Å². The quantitative estimate of drug-likeness (QED) is 0.859. The van der Waals surface area contributed by atoms with Crippen molar-refractivity contribution in [2.75, 3.05) is 5.32 Å². The number of benzene rings is 1. The molecule has 0 aliphatic carbocycles. The molecule has 0 bridgehead atoms. The van der Waals surface area contributed by atoms with Gasteiger partial charge >= 0.3 is 0 Å². The zero-order valence-electron chi connectivity index (χ0n) is 9.84. The smallest absolute Gasteiger partial charge is 0.241 e. The number of rotatable bonds is 4.